The zero-order chi connectivity index (χ0) is 34.2. The predicted octanol–water partition coefficient (Wildman–Crippen LogP) is 5.55. The highest BCUT2D eigenvalue weighted by molar-refractivity contribution is 6.01. The second-order valence-electron chi connectivity index (χ2n) is 13.8. The third-order valence-corrected chi connectivity index (χ3v) is 11.3. The average Bonchev–Trinajstić information content (AvgIpc) is 3.79. The number of alkyl halides is 3. The van der Waals surface area contributed by atoms with E-state index in [0.717, 1.165) is 30.3 Å². The van der Waals surface area contributed by atoms with Gasteiger partial charge in [-0.25, -0.2) is 27.3 Å². The first-order valence-electron chi connectivity index (χ1n) is 16.8. The number of aromatic nitrogens is 1. The smallest absolute Gasteiger partial charge is 0.419 e. The lowest BCUT2D eigenvalue weighted by Crippen LogP contribution is -2.50. The van der Waals surface area contributed by atoms with E-state index in [9.17, 15) is 32.3 Å². The lowest BCUT2D eigenvalue weighted by molar-refractivity contribution is -0.142. The Hall–Kier alpha value is -3.81. The van der Waals surface area contributed by atoms with Gasteiger partial charge in [-0.15, -0.1) is 0 Å². The van der Waals surface area contributed by atoms with Crippen molar-refractivity contribution in [1.82, 2.24) is 14.8 Å². The summed E-state index contributed by atoms with van der Waals surface area (Å²) in [6.45, 7) is -2.83. The van der Waals surface area contributed by atoms with Crippen molar-refractivity contribution in [3.8, 4) is 0 Å². The van der Waals surface area contributed by atoms with Crippen LogP contribution in [-0.2, 0) is 24.7 Å². The number of methoxy groups -OCH3 is 1. The number of nitrogens with zero attached hydrogens (tertiary/aromatic N) is 2. The molecule has 2 aliphatic carbocycles. The number of nitrogens with one attached hydrogen (secondary N) is 2. The molecule has 0 bridgehead atoms. The number of amides is 3. The number of hydrogen-bond donors (Lipinski definition) is 3. The van der Waals surface area contributed by atoms with Crippen LogP contribution >= 0.6 is 0 Å². The Morgan fingerprint density at radius 3 is 2.35 bits per heavy atom. The molecule has 1 aromatic heterocycles. The maximum atomic E-state index is 14.2. The van der Waals surface area contributed by atoms with Gasteiger partial charge in [-0.3, -0.25) is 9.59 Å². The zero-order valence-corrected chi connectivity index (χ0v) is 27.0. The third-order valence-electron chi connectivity index (χ3n) is 11.3. The molecule has 3 N–H and O–H groups in total. The van der Waals surface area contributed by atoms with Gasteiger partial charge in [0, 0.05) is 30.6 Å². The fraction of sp³-hybridized carbons (Fsp3) is 0.647. The lowest BCUT2D eigenvalue weighted by Gasteiger charge is -2.37. The highest BCUT2D eigenvalue weighted by atomic mass is 19.1. The summed E-state index contributed by atoms with van der Waals surface area (Å²) in [5.41, 5.74) is -1.23. The van der Waals surface area contributed by atoms with Crippen molar-refractivity contribution in [3.05, 3.63) is 30.0 Å². The van der Waals surface area contributed by atoms with Gasteiger partial charge in [0.25, 0.3) is 0 Å². The van der Waals surface area contributed by atoms with Gasteiger partial charge in [-0.2, -0.15) is 0 Å². The summed E-state index contributed by atoms with van der Waals surface area (Å²) in [4.78, 5) is 53.8. The standard InChI is InChI=1S/C34H43F3N4O7/c1-47-24-10-7-19(8-11-24)25-12-13-40(31(43)21-4-2-20(3-5-21)26(16-35)39-32(44)45)29(25)30(42)38-23-9-6-22-14-28-34(17-36,18-37)48-33(46)41(28)27(22)15-23/h6,9,14-15,19-21,24-26,29,39H,2-5,7-8,10-13,16-18H2,1H3,(H,38,42)(H,44,45)/t19?,20?,21?,24?,25-,26+,29-/m0/s1. The Morgan fingerprint density at radius 1 is 1.02 bits per heavy atom. The molecule has 0 unspecified atom stereocenters. The predicted molar refractivity (Wildman–Crippen MR) is 169 cm³/mol. The van der Waals surface area contributed by atoms with E-state index in [2.05, 4.69) is 10.6 Å². The van der Waals surface area contributed by atoms with E-state index in [1.807, 2.05) is 0 Å². The van der Waals surface area contributed by atoms with Gasteiger partial charge in [0.1, 0.15) is 26.1 Å². The van der Waals surface area contributed by atoms with Crippen LogP contribution in [0, 0.1) is 23.7 Å². The second kappa shape index (κ2) is 14.0. The summed E-state index contributed by atoms with van der Waals surface area (Å²) in [6.07, 6.45) is 4.08. The number of cyclic esters (lactones) is 1. The molecule has 3 amide bonds. The number of carboxylic acid groups (broad SMARTS) is 1. The number of likely N-dealkylation sites (tertiary alicyclic amines) is 1. The molecular formula is C34H43F3N4O7. The molecule has 2 saturated carbocycles. The molecule has 4 aliphatic rings. The van der Waals surface area contributed by atoms with E-state index in [4.69, 9.17) is 14.6 Å². The largest absolute Gasteiger partial charge is 0.465 e. The number of hydrogen-bond acceptors (Lipinski definition) is 6. The van der Waals surface area contributed by atoms with Crippen LogP contribution in [0.25, 0.3) is 10.9 Å². The number of rotatable bonds is 10. The van der Waals surface area contributed by atoms with Gasteiger partial charge in [0.15, 0.2) is 0 Å². The monoisotopic (exact) mass is 676 g/mol. The van der Waals surface area contributed by atoms with Crippen LogP contribution in [0.5, 0.6) is 0 Å². The van der Waals surface area contributed by atoms with E-state index >= 15 is 0 Å². The summed E-state index contributed by atoms with van der Waals surface area (Å²) < 4.78 is 53.1. The molecular weight excluding hydrogens is 633 g/mol. The van der Waals surface area contributed by atoms with E-state index in [1.54, 1.807) is 30.2 Å². The molecule has 48 heavy (non-hydrogen) atoms. The Bertz CT molecular complexity index is 1530. The maximum absolute atomic E-state index is 14.2. The van der Waals surface area contributed by atoms with Crippen molar-refractivity contribution in [2.24, 2.45) is 23.7 Å². The molecule has 14 heteroatoms. The van der Waals surface area contributed by atoms with Crippen LogP contribution in [-0.4, -0.2) is 90.4 Å². The first-order chi connectivity index (χ1) is 23.1. The molecule has 6 rings (SSSR count). The number of fused-ring (bicyclic) bond motifs is 3. The minimum absolute atomic E-state index is 0.0709. The summed E-state index contributed by atoms with van der Waals surface area (Å²) in [7, 11) is 1.70. The Balaban J connectivity index is 1.22. The molecule has 0 spiro atoms. The van der Waals surface area contributed by atoms with Gasteiger partial charge >= 0.3 is 12.2 Å². The first kappa shape index (κ1) is 34.1. The van der Waals surface area contributed by atoms with Crippen LogP contribution < -0.4 is 10.6 Å². The number of benzene rings is 1. The van der Waals surface area contributed by atoms with Crippen molar-refractivity contribution in [2.45, 2.75) is 81.6 Å². The van der Waals surface area contributed by atoms with Crippen LogP contribution in [0.15, 0.2) is 24.3 Å². The summed E-state index contributed by atoms with van der Waals surface area (Å²) >= 11 is 0. The van der Waals surface area contributed by atoms with Crippen LogP contribution in [0.2, 0.25) is 0 Å². The number of halogens is 3. The SMILES string of the molecule is COC1CCC([C@@H]2CCN(C(=O)C3CCC([C@@H](CF)NC(=O)O)CC3)[C@@H]2C(=O)Nc2ccc3cc4n(c3c2)C(=O)OC4(CF)CF)CC1. The van der Waals surface area contributed by atoms with Gasteiger partial charge < -0.3 is 30.1 Å². The normalized spacial score (nSPS) is 28.9. The fourth-order valence-electron chi connectivity index (χ4n) is 8.61. The van der Waals surface area contributed by atoms with E-state index in [1.165, 1.54) is 6.07 Å². The summed E-state index contributed by atoms with van der Waals surface area (Å²) in [6, 6.07) is 4.84. The van der Waals surface area contributed by atoms with Crippen molar-refractivity contribution < 1.29 is 46.9 Å². The topological polar surface area (TPSA) is 139 Å². The Kier molecular flexibility index (Phi) is 9.91. The van der Waals surface area contributed by atoms with Crippen molar-refractivity contribution in [2.75, 3.05) is 39.0 Å². The molecule has 1 saturated heterocycles. The zero-order valence-electron chi connectivity index (χ0n) is 27.0. The van der Waals surface area contributed by atoms with Crippen LogP contribution in [0.4, 0.5) is 28.4 Å². The molecule has 262 valence electrons. The van der Waals surface area contributed by atoms with E-state index in [0.29, 0.717) is 55.2 Å². The van der Waals surface area contributed by atoms with Crippen LogP contribution in [0.3, 0.4) is 0 Å². The number of carbonyl (C=O) groups excluding carboxylic acids is 3. The molecule has 2 aliphatic heterocycles. The van der Waals surface area contributed by atoms with E-state index in [-0.39, 0.29) is 47.3 Å². The van der Waals surface area contributed by atoms with Gasteiger partial charge in [0.05, 0.1) is 23.4 Å². The second-order valence-corrected chi connectivity index (χ2v) is 13.8. The van der Waals surface area contributed by atoms with Crippen molar-refractivity contribution in [3.63, 3.8) is 0 Å². The van der Waals surface area contributed by atoms with Crippen LogP contribution in [0.1, 0.15) is 63.5 Å². The maximum Gasteiger partial charge on any atom is 0.419 e. The average molecular weight is 677 g/mol. The number of anilines is 1. The summed E-state index contributed by atoms with van der Waals surface area (Å²) in [5.74, 6) is -0.908. The van der Waals surface area contributed by atoms with Gasteiger partial charge in [-0.05, 0) is 93.7 Å². The van der Waals surface area contributed by atoms with Gasteiger partial charge in [-0.1, -0.05) is 6.07 Å². The fourth-order valence-corrected chi connectivity index (χ4v) is 8.61. The molecule has 3 fully saturated rings. The number of carbonyl (C=O) groups is 4. The van der Waals surface area contributed by atoms with Crippen molar-refractivity contribution >= 4 is 40.6 Å². The third kappa shape index (κ3) is 6.23. The summed E-state index contributed by atoms with van der Waals surface area (Å²) in [5, 5.41) is 14.9. The molecule has 2 aromatic rings. The molecule has 1 aromatic carbocycles. The number of ether oxygens (including phenoxy) is 2. The molecule has 0 radical (unpaired) electrons. The Morgan fingerprint density at radius 2 is 1.73 bits per heavy atom. The van der Waals surface area contributed by atoms with E-state index < -0.39 is 49.9 Å². The quantitative estimate of drug-likeness (QED) is 0.300. The minimum atomic E-state index is -2.00. The molecule has 11 nitrogen and oxygen atoms in total. The lowest BCUT2D eigenvalue weighted by atomic mass is 9.75. The van der Waals surface area contributed by atoms with Crippen molar-refractivity contribution in [1.29, 1.82) is 0 Å². The highest BCUT2D eigenvalue weighted by Crippen LogP contribution is 2.43. The minimum Gasteiger partial charge on any atom is -0.465 e. The molecule has 3 atom stereocenters. The Labute approximate surface area is 276 Å². The van der Waals surface area contributed by atoms with Gasteiger partial charge in [0.2, 0.25) is 17.4 Å². The first-order valence-corrected chi connectivity index (χ1v) is 16.8. The molecule has 3 heterocycles. The highest BCUT2D eigenvalue weighted by Gasteiger charge is 2.49.